The van der Waals surface area contributed by atoms with E-state index in [1.807, 2.05) is 0 Å². The molecule has 2 N–H and O–H groups in total. The fraction of sp³-hybridized carbons (Fsp3) is 0.286. The van der Waals surface area contributed by atoms with Crippen LogP contribution in [0.15, 0.2) is 6.20 Å². The summed E-state index contributed by atoms with van der Waals surface area (Å²) in [5.74, 6) is 0. The summed E-state index contributed by atoms with van der Waals surface area (Å²) in [4.78, 5) is 3.01. The highest BCUT2D eigenvalue weighted by Crippen LogP contribution is 2.39. The standard InChI is InChI=1S/C7H4ClF5N2/c8-5-3(6(9)10)4(14)2(1-15-5)7(11,12)13/h1,6H,(H2,14,15). The summed E-state index contributed by atoms with van der Waals surface area (Å²) < 4.78 is 61.2. The summed E-state index contributed by atoms with van der Waals surface area (Å²) in [7, 11) is 0. The molecule has 0 saturated carbocycles. The highest BCUT2D eigenvalue weighted by Gasteiger charge is 2.36. The molecule has 0 aliphatic heterocycles. The lowest BCUT2D eigenvalue weighted by Gasteiger charge is -2.13. The molecule has 1 aromatic heterocycles. The van der Waals surface area contributed by atoms with E-state index in [1.165, 1.54) is 0 Å². The zero-order chi connectivity index (χ0) is 11.8. The Bertz CT molecular complexity index is 376. The molecule has 0 saturated heterocycles. The molecule has 84 valence electrons. The van der Waals surface area contributed by atoms with Gasteiger partial charge < -0.3 is 5.73 Å². The van der Waals surface area contributed by atoms with Crippen molar-refractivity contribution >= 4 is 17.3 Å². The highest BCUT2D eigenvalue weighted by molar-refractivity contribution is 6.30. The monoisotopic (exact) mass is 246 g/mol. The lowest BCUT2D eigenvalue weighted by atomic mass is 10.1. The van der Waals surface area contributed by atoms with E-state index in [0.29, 0.717) is 6.20 Å². The molecular weight excluding hydrogens is 243 g/mol. The van der Waals surface area contributed by atoms with Crippen LogP contribution in [-0.2, 0) is 6.18 Å². The van der Waals surface area contributed by atoms with Crippen LogP contribution in [0.3, 0.4) is 0 Å². The minimum Gasteiger partial charge on any atom is -0.398 e. The van der Waals surface area contributed by atoms with Gasteiger partial charge in [0.15, 0.2) is 0 Å². The number of nitrogen functional groups attached to an aromatic ring is 1. The second kappa shape index (κ2) is 3.80. The quantitative estimate of drug-likeness (QED) is 0.610. The second-order valence-corrected chi connectivity index (χ2v) is 2.95. The van der Waals surface area contributed by atoms with Crippen molar-refractivity contribution in [1.82, 2.24) is 4.98 Å². The van der Waals surface area contributed by atoms with E-state index in [9.17, 15) is 22.0 Å². The van der Waals surface area contributed by atoms with Gasteiger partial charge in [0.25, 0.3) is 6.43 Å². The zero-order valence-corrected chi connectivity index (χ0v) is 7.70. The smallest absolute Gasteiger partial charge is 0.398 e. The summed E-state index contributed by atoms with van der Waals surface area (Å²) >= 11 is 5.21. The summed E-state index contributed by atoms with van der Waals surface area (Å²) in [6.07, 6.45) is -7.71. The van der Waals surface area contributed by atoms with E-state index >= 15 is 0 Å². The molecule has 8 heteroatoms. The molecule has 0 aliphatic rings. The van der Waals surface area contributed by atoms with Gasteiger partial charge in [0.2, 0.25) is 0 Å². The van der Waals surface area contributed by atoms with Gasteiger partial charge in [-0.1, -0.05) is 11.6 Å². The maximum absolute atomic E-state index is 12.3. The number of hydrogen-bond donors (Lipinski definition) is 1. The van der Waals surface area contributed by atoms with Crippen LogP contribution in [0.25, 0.3) is 0 Å². The second-order valence-electron chi connectivity index (χ2n) is 2.59. The molecule has 0 aliphatic carbocycles. The minimum atomic E-state index is -4.83. The van der Waals surface area contributed by atoms with Crippen LogP contribution in [0.2, 0.25) is 5.15 Å². The van der Waals surface area contributed by atoms with E-state index in [4.69, 9.17) is 17.3 Å². The highest BCUT2D eigenvalue weighted by atomic mass is 35.5. The third-order valence-electron chi connectivity index (χ3n) is 1.63. The van der Waals surface area contributed by atoms with E-state index < -0.39 is 34.6 Å². The fourth-order valence-corrected chi connectivity index (χ4v) is 1.18. The molecule has 0 atom stereocenters. The SMILES string of the molecule is Nc1c(C(F)(F)F)cnc(Cl)c1C(F)F. The Balaban J connectivity index is 3.42. The van der Waals surface area contributed by atoms with E-state index in [1.54, 1.807) is 0 Å². The van der Waals surface area contributed by atoms with Gasteiger partial charge in [-0.25, -0.2) is 13.8 Å². The maximum atomic E-state index is 12.3. The molecule has 1 rings (SSSR count). The Morgan fingerprint density at radius 3 is 2.27 bits per heavy atom. The van der Waals surface area contributed by atoms with Gasteiger partial charge in [0.05, 0.1) is 16.8 Å². The van der Waals surface area contributed by atoms with Crippen molar-refractivity contribution in [3.63, 3.8) is 0 Å². The molecule has 0 unspecified atom stereocenters. The first kappa shape index (κ1) is 12.0. The molecule has 0 aromatic carbocycles. The molecule has 0 amide bonds. The third kappa shape index (κ3) is 2.28. The normalized spacial score (nSPS) is 12.2. The van der Waals surface area contributed by atoms with Crippen LogP contribution in [0.1, 0.15) is 17.6 Å². The van der Waals surface area contributed by atoms with Crippen molar-refractivity contribution < 1.29 is 22.0 Å². The minimum absolute atomic E-state index is 0.323. The van der Waals surface area contributed by atoms with Gasteiger partial charge in [0.1, 0.15) is 5.15 Å². The Morgan fingerprint density at radius 2 is 1.87 bits per heavy atom. The van der Waals surface area contributed by atoms with Gasteiger partial charge in [-0.15, -0.1) is 0 Å². The Labute approximate surface area is 85.9 Å². The number of halogens is 6. The predicted molar refractivity (Wildman–Crippen MR) is 43.6 cm³/mol. The molecule has 1 heterocycles. The number of nitrogens with two attached hydrogens (primary N) is 1. The number of pyridine rings is 1. The topological polar surface area (TPSA) is 38.9 Å². The summed E-state index contributed by atoms with van der Waals surface area (Å²) in [5.41, 5.74) is 1.36. The van der Waals surface area contributed by atoms with Crippen LogP contribution >= 0.6 is 11.6 Å². The molecule has 1 aromatic rings. The predicted octanol–water partition coefficient (Wildman–Crippen LogP) is 3.27. The van der Waals surface area contributed by atoms with Crippen molar-refractivity contribution in [2.24, 2.45) is 0 Å². The third-order valence-corrected chi connectivity index (χ3v) is 1.93. The van der Waals surface area contributed by atoms with Gasteiger partial charge in [-0.2, -0.15) is 13.2 Å². The molecule has 2 nitrogen and oxygen atoms in total. The number of alkyl halides is 5. The lowest BCUT2D eigenvalue weighted by Crippen LogP contribution is -2.12. The van der Waals surface area contributed by atoms with Crippen LogP contribution < -0.4 is 5.73 Å². The maximum Gasteiger partial charge on any atom is 0.419 e. The van der Waals surface area contributed by atoms with Crippen molar-refractivity contribution in [3.8, 4) is 0 Å². The lowest BCUT2D eigenvalue weighted by molar-refractivity contribution is -0.137. The number of aromatic nitrogens is 1. The molecular formula is C7H4ClF5N2. The number of hydrogen-bond acceptors (Lipinski definition) is 2. The summed E-state index contributed by atoms with van der Waals surface area (Å²) in [6.45, 7) is 0. The average Bonchev–Trinajstić information content (AvgIpc) is 2.00. The van der Waals surface area contributed by atoms with Gasteiger partial charge in [0, 0.05) is 6.20 Å². The summed E-state index contributed by atoms with van der Waals surface area (Å²) in [5, 5.41) is -0.726. The van der Waals surface area contributed by atoms with Crippen LogP contribution in [-0.4, -0.2) is 4.98 Å². The molecule has 0 spiro atoms. The number of anilines is 1. The van der Waals surface area contributed by atoms with E-state index in [0.717, 1.165) is 0 Å². The van der Waals surface area contributed by atoms with Crippen LogP contribution in [0.4, 0.5) is 27.6 Å². The average molecular weight is 247 g/mol. The Kier molecular flexibility index (Phi) is 3.03. The zero-order valence-electron chi connectivity index (χ0n) is 6.95. The number of rotatable bonds is 1. The van der Waals surface area contributed by atoms with Crippen LogP contribution in [0.5, 0.6) is 0 Å². The largest absolute Gasteiger partial charge is 0.419 e. The first-order valence-electron chi connectivity index (χ1n) is 3.54. The Morgan fingerprint density at radius 1 is 1.33 bits per heavy atom. The van der Waals surface area contributed by atoms with Gasteiger partial charge >= 0.3 is 6.18 Å². The van der Waals surface area contributed by atoms with Crippen molar-refractivity contribution in [1.29, 1.82) is 0 Å². The molecule has 0 fully saturated rings. The molecule has 15 heavy (non-hydrogen) atoms. The van der Waals surface area contributed by atoms with E-state index in [2.05, 4.69) is 4.98 Å². The van der Waals surface area contributed by atoms with Crippen molar-refractivity contribution in [2.45, 2.75) is 12.6 Å². The number of nitrogens with zero attached hydrogens (tertiary/aromatic N) is 1. The molecule has 0 bridgehead atoms. The first-order chi connectivity index (χ1) is 6.75. The van der Waals surface area contributed by atoms with Gasteiger partial charge in [-0.05, 0) is 0 Å². The molecule has 0 radical (unpaired) electrons. The van der Waals surface area contributed by atoms with Gasteiger partial charge in [-0.3, -0.25) is 0 Å². The first-order valence-corrected chi connectivity index (χ1v) is 3.92. The van der Waals surface area contributed by atoms with Crippen LogP contribution in [0, 0.1) is 0 Å². The summed E-state index contributed by atoms with van der Waals surface area (Å²) in [6, 6.07) is 0. The fourth-order valence-electron chi connectivity index (χ4n) is 0.950. The Hall–Kier alpha value is -1.11. The van der Waals surface area contributed by atoms with E-state index in [-0.39, 0.29) is 0 Å². The van der Waals surface area contributed by atoms with Crippen molar-refractivity contribution in [3.05, 3.63) is 22.5 Å². The van der Waals surface area contributed by atoms with Crippen molar-refractivity contribution in [2.75, 3.05) is 5.73 Å².